The van der Waals surface area contributed by atoms with Gasteiger partial charge in [-0.2, -0.15) is 0 Å². The second-order valence-corrected chi connectivity index (χ2v) is 7.57. The van der Waals surface area contributed by atoms with Crippen LogP contribution in [0, 0.1) is 0 Å². The van der Waals surface area contributed by atoms with E-state index in [2.05, 4.69) is 20.8 Å². The van der Waals surface area contributed by atoms with Crippen LogP contribution in [0.15, 0.2) is 0 Å². The molecule has 0 aromatic carbocycles. The van der Waals surface area contributed by atoms with Gasteiger partial charge in [0.25, 0.3) is 0 Å². The maximum Gasteiger partial charge on any atom is 0.500 e. The molecule has 104 valence electrons. The summed E-state index contributed by atoms with van der Waals surface area (Å²) in [5.41, 5.74) is 0. The van der Waals surface area contributed by atoms with Crippen molar-refractivity contribution < 1.29 is 13.3 Å². The van der Waals surface area contributed by atoms with E-state index in [9.17, 15) is 0 Å². The SMILES string of the molecule is CCCCCCC(CC)O[Si](CC)(OC)OC. The van der Waals surface area contributed by atoms with E-state index in [-0.39, 0.29) is 0 Å². The van der Waals surface area contributed by atoms with Crippen LogP contribution in [0.1, 0.15) is 59.3 Å². The highest BCUT2D eigenvalue weighted by molar-refractivity contribution is 6.60. The fourth-order valence-electron chi connectivity index (χ4n) is 1.95. The van der Waals surface area contributed by atoms with Crippen LogP contribution < -0.4 is 0 Å². The predicted molar refractivity (Wildman–Crippen MR) is 74.2 cm³/mol. The third-order valence-electron chi connectivity index (χ3n) is 3.24. The fourth-order valence-corrected chi connectivity index (χ4v) is 3.85. The molecule has 0 rings (SSSR count). The molecule has 0 N–H and O–H groups in total. The van der Waals surface area contributed by atoms with Crippen molar-refractivity contribution in [3.05, 3.63) is 0 Å². The highest BCUT2D eigenvalue weighted by Crippen LogP contribution is 2.20. The smallest absolute Gasteiger partial charge is 0.377 e. The maximum absolute atomic E-state index is 6.11. The molecule has 1 atom stereocenters. The van der Waals surface area contributed by atoms with E-state index in [1.54, 1.807) is 14.2 Å². The predicted octanol–water partition coefficient (Wildman–Crippen LogP) is 4.00. The summed E-state index contributed by atoms with van der Waals surface area (Å²) >= 11 is 0. The van der Waals surface area contributed by atoms with Gasteiger partial charge in [-0.3, -0.25) is 0 Å². The van der Waals surface area contributed by atoms with Gasteiger partial charge in [0, 0.05) is 26.4 Å². The summed E-state index contributed by atoms with van der Waals surface area (Å²) in [6, 6.07) is 0.839. The Balaban J connectivity index is 4.08. The fraction of sp³-hybridized carbons (Fsp3) is 1.00. The van der Waals surface area contributed by atoms with E-state index in [0.29, 0.717) is 6.10 Å². The molecule has 0 fully saturated rings. The Bertz CT molecular complexity index is 164. The summed E-state index contributed by atoms with van der Waals surface area (Å²) in [4.78, 5) is 0. The van der Waals surface area contributed by atoms with E-state index >= 15 is 0 Å². The quantitative estimate of drug-likeness (QED) is 0.416. The van der Waals surface area contributed by atoms with Crippen LogP contribution in [0.25, 0.3) is 0 Å². The minimum absolute atomic E-state index is 0.290. The largest absolute Gasteiger partial charge is 0.500 e. The Hall–Kier alpha value is 0.0969. The summed E-state index contributed by atoms with van der Waals surface area (Å²) < 4.78 is 17.1. The summed E-state index contributed by atoms with van der Waals surface area (Å²) in [5.74, 6) is 0. The van der Waals surface area contributed by atoms with Gasteiger partial charge in [-0.05, 0) is 12.8 Å². The lowest BCUT2D eigenvalue weighted by Crippen LogP contribution is -2.46. The van der Waals surface area contributed by atoms with Crippen molar-refractivity contribution in [1.82, 2.24) is 0 Å². The Morgan fingerprint density at radius 2 is 1.59 bits per heavy atom. The third kappa shape index (κ3) is 6.55. The zero-order valence-electron chi connectivity index (χ0n) is 12.3. The van der Waals surface area contributed by atoms with Gasteiger partial charge in [0.05, 0.1) is 0 Å². The zero-order chi connectivity index (χ0) is 13.1. The van der Waals surface area contributed by atoms with Crippen molar-refractivity contribution >= 4 is 8.80 Å². The standard InChI is InChI=1S/C13H30O3Si/c1-6-9-10-11-12-13(7-2)16-17(8-3,14-4)15-5/h13H,6-12H2,1-5H3. The van der Waals surface area contributed by atoms with Gasteiger partial charge in [-0.15, -0.1) is 0 Å². The molecule has 0 amide bonds. The highest BCUT2D eigenvalue weighted by Gasteiger charge is 2.38. The van der Waals surface area contributed by atoms with Gasteiger partial charge < -0.3 is 13.3 Å². The van der Waals surface area contributed by atoms with Crippen molar-refractivity contribution in [2.45, 2.75) is 71.4 Å². The second kappa shape index (κ2) is 10.1. The molecular weight excluding hydrogens is 232 g/mol. The van der Waals surface area contributed by atoms with Crippen molar-refractivity contribution in [2.75, 3.05) is 14.2 Å². The van der Waals surface area contributed by atoms with Gasteiger partial charge in [-0.1, -0.05) is 46.5 Å². The minimum atomic E-state index is -2.37. The van der Waals surface area contributed by atoms with Crippen LogP contribution in [0.2, 0.25) is 6.04 Å². The van der Waals surface area contributed by atoms with Crippen LogP contribution in [0.3, 0.4) is 0 Å². The van der Waals surface area contributed by atoms with E-state index in [1.807, 2.05) is 0 Å². The Kier molecular flexibility index (Phi) is 10.1. The van der Waals surface area contributed by atoms with Gasteiger partial charge in [0.2, 0.25) is 0 Å². The van der Waals surface area contributed by atoms with Gasteiger partial charge in [0.15, 0.2) is 0 Å². The Morgan fingerprint density at radius 3 is 2.00 bits per heavy atom. The molecule has 17 heavy (non-hydrogen) atoms. The van der Waals surface area contributed by atoms with Gasteiger partial charge in [-0.25, -0.2) is 0 Å². The van der Waals surface area contributed by atoms with Crippen LogP contribution >= 0.6 is 0 Å². The van der Waals surface area contributed by atoms with Crippen molar-refractivity contribution in [3.8, 4) is 0 Å². The molecule has 0 saturated heterocycles. The maximum atomic E-state index is 6.11. The molecule has 0 aliphatic heterocycles. The molecule has 0 radical (unpaired) electrons. The lowest BCUT2D eigenvalue weighted by Gasteiger charge is -2.30. The van der Waals surface area contributed by atoms with Crippen LogP contribution in [0.5, 0.6) is 0 Å². The van der Waals surface area contributed by atoms with Crippen LogP contribution in [-0.2, 0) is 13.3 Å². The number of rotatable bonds is 11. The van der Waals surface area contributed by atoms with E-state index in [0.717, 1.165) is 18.9 Å². The molecule has 0 aliphatic rings. The normalized spacial score (nSPS) is 13.9. The molecule has 0 bridgehead atoms. The lowest BCUT2D eigenvalue weighted by atomic mass is 10.1. The molecule has 0 aromatic rings. The van der Waals surface area contributed by atoms with Gasteiger partial charge >= 0.3 is 8.80 Å². The number of hydrogen-bond donors (Lipinski definition) is 0. The first kappa shape index (κ1) is 17.1. The average Bonchev–Trinajstić information content (AvgIpc) is 2.39. The molecule has 4 heteroatoms. The second-order valence-electron chi connectivity index (χ2n) is 4.44. The van der Waals surface area contributed by atoms with Crippen molar-refractivity contribution in [2.24, 2.45) is 0 Å². The summed E-state index contributed by atoms with van der Waals surface area (Å²) in [5, 5.41) is 0. The first-order valence-corrected chi connectivity index (χ1v) is 8.89. The van der Waals surface area contributed by atoms with E-state index in [1.165, 1.54) is 25.7 Å². The summed E-state index contributed by atoms with van der Waals surface area (Å²) in [7, 11) is 1.02. The van der Waals surface area contributed by atoms with Crippen LogP contribution in [0.4, 0.5) is 0 Å². The van der Waals surface area contributed by atoms with Crippen LogP contribution in [-0.4, -0.2) is 29.1 Å². The molecule has 0 saturated carbocycles. The summed E-state index contributed by atoms with van der Waals surface area (Å²) in [6.07, 6.45) is 7.60. The average molecular weight is 262 g/mol. The third-order valence-corrected chi connectivity index (χ3v) is 6.04. The molecule has 0 spiro atoms. The molecule has 0 aromatic heterocycles. The minimum Gasteiger partial charge on any atom is -0.377 e. The van der Waals surface area contributed by atoms with Crippen molar-refractivity contribution in [1.29, 1.82) is 0 Å². The lowest BCUT2D eigenvalue weighted by molar-refractivity contribution is 0.0491. The first-order valence-electron chi connectivity index (χ1n) is 6.96. The first-order chi connectivity index (χ1) is 8.17. The Labute approximate surface area is 108 Å². The zero-order valence-corrected chi connectivity index (χ0v) is 13.3. The van der Waals surface area contributed by atoms with E-state index < -0.39 is 8.80 Å². The molecule has 0 heterocycles. The van der Waals surface area contributed by atoms with E-state index in [4.69, 9.17) is 13.3 Å². The summed E-state index contributed by atoms with van der Waals surface area (Å²) in [6.45, 7) is 6.48. The number of hydrogen-bond acceptors (Lipinski definition) is 3. The molecular formula is C13H30O3Si. The Morgan fingerprint density at radius 1 is 0.941 bits per heavy atom. The molecule has 1 unspecified atom stereocenters. The monoisotopic (exact) mass is 262 g/mol. The van der Waals surface area contributed by atoms with Gasteiger partial charge in [0.1, 0.15) is 0 Å². The number of unbranched alkanes of at least 4 members (excludes halogenated alkanes) is 3. The molecule has 3 nitrogen and oxygen atoms in total. The topological polar surface area (TPSA) is 27.7 Å². The molecule has 0 aliphatic carbocycles. The highest BCUT2D eigenvalue weighted by atomic mass is 28.4. The van der Waals surface area contributed by atoms with Crippen molar-refractivity contribution in [3.63, 3.8) is 0 Å².